The Balaban J connectivity index is 1.54. The number of anilines is 1. The fraction of sp³-hybridized carbons (Fsp3) is 0.261. The Kier molecular flexibility index (Phi) is 5.17. The lowest BCUT2D eigenvalue weighted by Crippen LogP contribution is -2.37. The fourth-order valence-electron chi connectivity index (χ4n) is 4.44. The summed E-state index contributed by atoms with van der Waals surface area (Å²) in [6.07, 6.45) is 4.18. The van der Waals surface area contributed by atoms with Gasteiger partial charge in [-0.15, -0.1) is 0 Å². The van der Waals surface area contributed by atoms with Crippen molar-refractivity contribution in [3.05, 3.63) is 69.6 Å². The number of carbonyl (C=O) groups excluding carboxylic acids is 2. The molecule has 7 heteroatoms. The molecule has 0 spiro atoms. The molecule has 0 unspecified atom stereocenters. The van der Waals surface area contributed by atoms with Crippen molar-refractivity contribution in [1.29, 1.82) is 0 Å². The van der Waals surface area contributed by atoms with Gasteiger partial charge in [-0.3, -0.25) is 14.5 Å². The molecule has 152 valence electrons. The number of hydrogen-bond donors (Lipinski definition) is 0. The average Bonchev–Trinajstić information content (AvgIpc) is 3.42. The molecular weight excluding hydrogens is 436 g/mol. The molecule has 0 N–H and O–H groups in total. The van der Waals surface area contributed by atoms with Crippen molar-refractivity contribution in [2.45, 2.75) is 38.3 Å². The minimum atomic E-state index is -0.155. The number of para-hydroxylation sites is 1. The van der Waals surface area contributed by atoms with Gasteiger partial charge in [0.2, 0.25) is 0 Å². The molecule has 5 rings (SSSR count). The number of thiocarbonyl (C=S) groups is 1. The van der Waals surface area contributed by atoms with E-state index in [1.54, 1.807) is 9.80 Å². The van der Waals surface area contributed by atoms with E-state index in [1.165, 1.54) is 11.8 Å². The Hall–Kier alpha value is -2.15. The summed E-state index contributed by atoms with van der Waals surface area (Å²) in [7, 11) is 0. The van der Waals surface area contributed by atoms with Crippen molar-refractivity contribution in [2.24, 2.45) is 0 Å². The first kappa shape index (κ1) is 19.8. The second kappa shape index (κ2) is 7.84. The molecule has 1 saturated heterocycles. The van der Waals surface area contributed by atoms with E-state index in [0.29, 0.717) is 26.4 Å². The lowest BCUT2D eigenvalue weighted by Gasteiger charge is -2.22. The monoisotopic (exact) mass is 454 g/mol. The van der Waals surface area contributed by atoms with Gasteiger partial charge in [0, 0.05) is 16.6 Å². The zero-order chi connectivity index (χ0) is 20.8. The summed E-state index contributed by atoms with van der Waals surface area (Å²) in [4.78, 5) is 30.8. The second-order valence-electron chi connectivity index (χ2n) is 7.72. The van der Waals surface area contributed by atoms with Crippen LogP contribution in [0.5, 0.6) is 0 Å². The first-order valence-corrected chi connectivity index (χ1v) is 11.6. The normalized spacial score (nSPS) is 21.8. The summed E-state index contributed by atoms with van der Waals surface area (Å²) in [5.74, 6) is -0.276. The molecule has 30 heavy (non-hydrogen) atoms. The summed E-state index contributed by atoms with van der Waals surface area (Å²) in [5.41, 5.74) is 3.06. The maximum absolute atomic E-state index is 13.5. The molecule has 4 nitrogen and oxygen atoms in total. The highest BCUT2D eigenvalue weighted by Crippen LogP contribution is 2.46. The Morgan fingerprint density at radius 1 is 1.00 bits per heavy atom. The highest BCUT2D eigenvalue weighted by molar-refractivity contribution is 8.26. The third-order valence-electron chi connectivity index (χ3n) is 5.89. The number of carbonyl (C=O) groups is 2. The first-order valence-electron chi connectivity index (χ1n) is 10.00. The van der Waals surface area contributed by atoms with Gasteiger partial charge in [-0.2, -0.15) is 0 Å². The summed E-state index contributed by atoms with van der Waals surface area (Å²) < 4.78 is 0.566. The maximum atomic E-state index is 13.5. The molecular formula is C23H19ClN2O2S2. The molecule has 2 aromatic carbocycles. The first-order chi connectivity index (χ1) is 14.5. The van der Waals surface area contributed by atoms with Crippen LogP contribution >= 0.6 is 35.6 Å². The van der Waals surface area contributed by atoms with Crippen molar-refractivity contribution in [3.8, 4) is 0 Å². The molecule has 0 aromatic heterocycles. The summed E-state index contributed by atoms with van der Waals surface area (Å²) in [5, 5.41) is 0.656. The number of fused-ring (bicyclic) bond motifs is 1. The SMILES string of the molecule is O=C1/C(=C2/SC(=S)N(C3CCCC3)C2=O)c2ccccc2N1Cc1ccc(Cl)cc1. The molecule has 2 aliphatic heterocycles. The smallest absolute Gasteiger partial charge is 0.267 e. The molecule has 2 heterocycles. The largest absolute Gasteiger partial charge is 0.303 e. The van der Waals surface area contributed by atoms with Crippen LogP contribution in [-0.2, 0) is 16.1 Å². The van der Waals surface area contributed by atoms with Crippen LogP contribution in [0.1, 0.15) is 36.8 Å². The van der Waals surface area contributed by atoms with Crippen LogP contribution in [0.4, 0.5) is 5.69 Å². The molecule has 1 aliphatic carbocycles. The molecule has 2 fully saturated rings. The highest BCUT2D eigenvalue weighted by atomic mass is 35.5. The molecule has 0 radical (unpaired) electrons. The van der Waals surface area contributed by atoms with Crippen LogP contribution in [0.2, 0.25) is 5.02 Å². The van der Waals surface area contributed by atoms with E-state index in [-0.39, 0.29) is 17.9 Å². The summed E-state index contributed by atoms with van der Waals surface area (Å²) >= 11 is 12.8. The lowest BCUT2D eigenvalue weighted by atomic mass is 10.1. The van der Waals surface area contributed by atoms with Crippen molar-refractivity contribution in [3.63, 3.8) is 0 Å². The van der Waals surface area contributed by atoms with Gasteiger partial charge in [0.15, 0.2) is 0 Å². The Bertz CT molecular complexity index is 1090. The number of halogens is 1. The van der Waals surface area contributed by atoms with Crippen LogP contribution in [0.3, 0.4) is 0 Å². The van der Waals surface area contributed by atoms with Gasteiger partial charge in [-0.25, -0.2) is 0 Å². The van der Waals surface area contributed by atoms with Gasteiger partial charge in [0.05, 0.1) is 22.7 Å². The zero-order valence-corrected chi connectivity index (χ0v) is 18.5. The third kappa shape index (κ3) is 3.27. The van der Waals surface area contributed by atoms with E-state index in [9.17, 15) is 9.59 Å². The van der Waals surface area contributed by atoms with Gasteiger partial charge < -0.3 is 4.90 Å². The van der Waals surface area contributed by atoms with Gasteiger partial charge in [-0.1, -0.05) is 78.8 Å². The van der Waals surface area contributed by atoms with E-state index in [0.717, 1.165) is 42.5 Å². The van der Waals surface area contributed by atoms with Crippen LogP contribution in [0.25, 0.3) is 5.57 Å². The summed E-state index contributed by atoms with van der Waals surface area (Å²) in [6.45, 7) is 0.416. The molecule has 1 saturated carbocycles. The Morgan fingerprint density at radius 2 is 1.70 bits per heavy atom. The molecule has 2 amide bonds. The average molecular weight is 455 g/mol. The van der Waals surface area contributed by atoms with E-state index in [4.69, 9.17) is 23.8 Å². The van der Waals surface area contributed by atoms with Crippen molar-refractivity contribution < 1.29 is 9.59 Å². The second-order valence-corrected chi connectivity index (χ2v) is 9.80. The minimum absolute atomic E-state index is 0.122. The predicted octanol–water partition coefficient (Wildman–Crippen LogP) is 5.40. The van der Waals surface area contributed by atoms with Crippen LogP contribution in [0, 0.1) is 0 Å². The van der Waals surface area contributed by atoms with Crippen LogP contribution in [-0.4, -0.2) is 27.1 Å². The number of hydrogen-bond acceptors (Lipinski definition) is 4. The molecule has 2 aromatic rings. The number of thioether (sulfide) groups is 1. The standard InChI is InChI=1S/C23H19ClN2O2S2/c24-15-11-9-14(10-12-15)13-25-18-8-4-3-7-17(18)19(21(25)27)20-22(28)26(23(29)30-20)16-5-1-2-6-16/h3-4,7-12,16H,1-2,5-6,13H2/b20-19+. The number of amides is 2. The number of nitrogens with zero attached hydrogens (tertiary/aromatic N) is 2. The van der Waals surface area contributed by atoms with Crippen LogP contribution in [0.15, 0.2) is 53.4 Å². The molecule has 0 atom stereocenters. The zero-order valence-electron chi connectivity index (χ0n) is 16.1. The van der Waals surface area contributed by atoms with Crippen LogP contribution < -0.4 is 4.90 Å². The van der Waals surface area contributed by atoms with Gasteiger partial charge in [0.1, 0.15) is 4.32 Å². The summed E-state index contributed by atoms with van der Waals surface area (Å²) in [6, 6.07) is 15.3. The Labute approximate surface area is 189 Å². The quantitative estimate of drug-likeness (QED) is 0.460. The fourth-order valence-corrected chi connectivity index (χ4v) is 6.03. The number of rotatable bonds is 3. The topological polar surface area (TPSA) is 40.6 Å². The Morgan fingerprint density at radius 3 is 2.43 bits per heavy atom. The van der Waals surface area contributed by atoms with E-state index < -0.39 is 0 Å². The van der Waals surface area contributed by atoms with E-state index in [1.807, 2.05) is 48.5 Å². The lowest BCUT2D eigenvalue weighted by molar-refractivity contribution is -0.123. The van der Waals surface area contributed by atoms with Gasteiger partial charge >= 0.3 is 0 Å². The van der Waals surface area contributed by atoms with Crippen molar-refractivity contribution in [1.82, 2.24) is 4.90 Å². The molecule has 0 bridgehead atoms. The maximum Gasteiger partial charge on any atom is 0.267 e. The minimum Gasteiger partial charge on any atom is -0.303 e. The van der Waals surface area contributed by atoms with Crippen molar-refractivity contribution in [2.75, 3.05) is 4.90 Å². The highest BCUT2D eigenvalue weighted by Gasteiger charge is 2.44. The number of benzene rings is 2. The van der Waals surface area contributed by atoms with Gasteiger partial charge in [-0.05, 0) is 36.6 Å². The predicted molar refractivity (Wildman–Crippen MR) is 125 cm³/mol. The third-order valence-corrected chi connectivity index (χ3v) is 7.55. The van der Waals surface area contributed by atoms with E-state index >= 15 is 0 Å². The van der Waals surface area contributed by atoms with E-state index in [2.05, 4.69) is 0 Å². The van der Waals surface area contributed by atoms with Gasteiger partial charge in [0.25, 0.3) is 11.8 Å². The molecule has 3 aliphatic rings. The van der Waals surface area contributed by atoms with Crippen molar-refractivity contribution >= 4 is 63.0 Å².